The van der Waals surface area contributed by atoms with E-state index in [1.54, 1.807) is 7.11 Å². The number of carbonyl (C=O) groups excluding carboxylic acids is 1. The molecule has 130 valence electrons. The number of hydrogen-bond acceptors (Lipinski definition) is 3. The number of carbonyl (C=O) groups is 1. The molecule has 0 heterocycles. The van der Waals surface area contributed by atoms with E-state index in [1.165, 1.54) is 0 Å². The third kappa shape index (κ3) is 4.98. The van der Waals surface area contributed by atoms with Gasteiger partial charge in [0, 0.05) is 18.0 Å². The maximum absolute atomic E-state index is 12.4. The van der Waals surface area contributed by atoms with Crippen molar-refractivity contribution in [2.75, 3.05) is 7.11 Å². The normalized spacial score (nSPS) is 12.0. The number of amides is 1. The van der Waals surface area contributed by atoms with Crippen LogP contribution in [0, 0.1) is 0 Å². The summed E-state index contributed by atoms with van der Waals surface area (Å²) >= 11 is 0. The van der Waals surface area contributed by atoms with Crippen LogP contribution in [0.2, 0.25) is 0 Å². The summed E-state index contributed by atoms with van der Waals surface area (Å²) in [5.41, 5.74) is 7.47. The molecular formula is C19H25ClN2O2. The monoisotopic (exact) mass is 348 g/mol. The second-order valence-electron chi connectivity index (χ2n) is 6.09. The molecule has 0 saturated heterocycles. The van der Waals surface area contributed by atoms with Crippen LogP contribution in [0.3, 0.4) is 0 Å². The minimum Gasteiger partial charge on any atom is -0.496 e. The fraction of sp³-hybridized carbons (Fsp3) is 0.316. The molecule has 0 spiro atoms. The van der Waals surface area contributed by atoms with Crippen molar-refractivity contribution in [3.05, 3.63) is 65.7 Å². The van der Waals surface area contributed by atoms with Gasteiger partial charge in [0.2, 0.25) is 5.91 Å². The van der Waals surface area contributed by atoms with Crippen LogP contribution in [0.4, 0.5) is 0 Å². The Hall–Kier alpha value is -2.04. The van der Waals surface area contributed by atoms with Crippen LogP contribution < -0.4 is 15.8 Å². The smallest absolute Gasteiger partial charge is 0.222 e. The number of nitrogens with one attached hydrogen (secondary N) is 1. The maximum Gasteiger partial charge on any atom is 0.222 e. The molecule has 5 heteroatoms. The Morgan fingerprint density at radius 1 is 1.12 bits per heavy atom. The molecule has 0 radical (unpaired) electrons. The second-order valence-corrected chi connectivity index (χ2v) is 6.09. The van der Waals surface area contributed by atoms with E-state index in [4.69, 9.17) is 10.5 Å². The summed E-state index contributed by atoms with van der Waals surface area (Å²) in [6, 6.07) is 17.0. The lowest BCUT2D eigenvalue weighted by atomic mass is 9.92. The van der Waals surface area contributed by atoms with Crippen LogP contribution in [-0.2, 0) is 10.3 Å². The highest BCUT2D eigenvalue weighted by Crippen LogP contribution is 2.29. The molecule has 0 saturated carbocycles. The number of rotatable bonds is 6. The van der Waals surface area contributed by atoms with Gasteiger partial charge in [0.15, 0.2) is 0 Å². The van der Waals surface area contributed by atoms with Gasteiger partial charge in [-0.05, 0) is 25.5 Å². The molecule has 2 aromatic carbocycles. The average Bonchev–Trinajstić information content (AvgIpc) is 2.55. The fourth-order valence-corrected chi connectivity index (χ4v) is 2.65. The van der Waals surface area contributed by atoms with Crippen molar-refractivity contribution < 1.29 is 9.53 Å². The van der Waals surface area contributed by atoms with E-state index < -0.39 is 5.54 Å². The van der Waals surface area contributed by atoms with Crippen LogP contribution in [0.1, 0.15) is 37.4 Å². The van der Waals surface area contributed by atoms with E-state index in [9.17, 15) is 4.79 Å². The number of methoxy groups -OCH3 is 1. The second kappa shape index (κ2) is 8.71. The molecule has 2 aromatic rings. The Labute approximate surface area is 149 Å². The van der Waals surface area contributed by atoms with Gasteiger partial charge in [0.05, 0.1) is 12.6 Å². The summed E-state index contributed by atoms with van der Waals surface area (Å²) in [6.07, 6.45) is 0.239. The molecule has 0 fully saturated rings. The van der Waals surface area contributed by atoms with Gasteiger partial charge >= 0.3 is 0 Å². The molecule has 0 aliphatic carbocycles. The lowest BCUT2D eigenvalue weighted by Crippen LogP contribution is -2.42. The third-order valence-electron chi connectivity index (χ3n) is 3.87. The van der Waals surface area contributed by atoms with Crippen molar-refractivity contribution in [2.45, 2.75) is 31.8 Å². The Morgan fingerprint density at radius 2 is 1.71 bits per heavy atom. The minimum absolute atomic E-state index is 0. The predicted octanol–water partition coefficient (Wildman–Crippen LogP) is 3.56. The van der Waals surface area contributed by atoms with E-state index in [1.807, 2.05) is 68.4 Å². The molecule has 0 bridgehead atoms. The zero-order valence-electron chi connectivity index (χ0n) is 14.3. The summed E-state index contributed by atoms with van der Waals surface area (Å²) < 4.78 is 5.39. The standard InChI is InChI=1S/C19H24N2O2.ClH/c1-19(2,15-11-7-8-12-17(15)23-3)21-18(22)13-16(20)14-9-5-4-6-10-14;/h4-12,16H,13,20H2,1-3H3,(H,21,22);1H. The number of benzene rings is 2. The molecule has 4 nitrogen and oxygen atoms in total. The van der Waals surface area contributed by atoms with Crippen molar-refractivity contribution >= 4 is 18.3 Å². The van der Waals surface area contributed by atoms with Gasteiger partial charge in [0.25, 0.3) is 0 Å². The summed E-state index contributed by atoms with van der Waals surface area (Å²) in [5, 5.41) is 3.05. The van der Waals surface area contributed by atoms with Crippen molar-refractivity contribution in [3.8, 4) is 5.75 Å². The van der Waals surface area contributed by atoms with Gasteiger partial charge in [0.1, 0.15) is 5.75 Å². The first-order chi connectivity index (χ1) is 10.9. The van der Waals surface area contributed by atoms with Gasteiger partial charge in [-0.15, -0.1) is 12.4 Å². The number of hydrogen-bond donors (Lipinski definition) is 2. The quantitative estimate of drug-likeness (QED) is 0.839. The Morgan fingerprint density at radius 3 is 2.33 bits per heavy atom. The zero-order chi connectivity index (χ0) is 16.9. The Kier molecular flexibility index (Phi) is 7.26. The largest absolute Gasteiger partial charge is 0.496 e. The molecule has 0 aliphatic rings. The molecule has 1 atom stereocenters. The molecule has 24 heavy (non-hydrogen) atoms. The van der Waals surface area contributed by atoms with E-state index >= 15 is 0 Å². The zero-order valence-corrected chi connectivity index (χ0v) is 15.1. The number of ether oxygens (including phenoxy) is 1. The summed E-state index contributed by atoms with van der Waals surface area (Å²) in [7, 11) is 1.63. The van der Waals surface area contributed by atoms with Crippen LogP contribution in [0.25, 0.3) is 0 Å². The maximum atomic E-state index is 12.4. The summed E-state index contributed by atoms with van der Waals surface area (Å²) in [4.78, 5) is 12.4. The van der Waals surface area contributed by atoms with Crippen LogP contribution >= 0.6 is 12.4 Å². The van der Waals surface area contributed by atoms with Crippen molar-refractivity contribution in [1.82, 2.24) is 5.32 Å². The summed E-state index contributed by atoms with van der Waals surface area (Å²) in [5.74, 6) is 0.669. The van der Waals surface area contributed by atoms with E-state index in [0.717, 1.165) is 16.9 Å². The first-order valence-electron chi connectivity index (χ1n) is 7.69. The first kappa shape index (κ1) is 20.0. The molecule has 2 rings (SSSR count). The molecule has 3 N–H and O–H groups in total. The van der Waals surface area contributed by atoms with Crippen molar-refractivity contribution in [3.63, 3.8) is 0 Å². The predicted molar refractivity (Wildman–Crippen MR) is 99.4 cm³/mol. The molecule has 0 aliphatic heterocycles. The molecule has 0 aromatic heterocycles. The van der Waals surface area contributed by atoms with Gasteiger partial charge in [-0.3, -0.25) is 4.79 Å². The third-order valence-corrected chi connectivity index (χ3v) is 3.87. The van der Waals surface area contributed by atoms with Crippen molar-refractivity contribution in [2.24, 2.45) is 5.73 Å². The number of halogens is 1. The van der Waals surface area contributed by atoms with Gasteiger partial charge in [-0.2, -0.15) is 0 Å². The topological polar surface area (TPSA) is 64.3 Å². The average molecular weight is 349 g/mol. The lowest BCUT2D eigenvalue weighted by molar-refractivity contribution is -0.123. The fourth-order valence-electron chi connectivity index (χ4n) is 2.65. The van der Waals surface area contributed by atoms with E-state index in [-0.39, 0.29) is 30.8 Å². The van der Waals surface area contributed by atoms with Gasteiger partial charge in [-0.1, -0.05) is 48.5 Å². The van der Waals surface area contributed by atoms with Gasteiger partial charge in [-0.25, -0.2) is 0 Å². The van der Waals surface area contributed by atoms with E-state index in [2.05, 4.69) is 5.32 Å². The van der Waals surface area contributed by atoms with Gasteiger partial charge < -0.3 is 15.8 Å². The number of nitrogens with two attached hydrogens (primary N) is 1. The first-order valence-corrected chi connectivity index (χ1v) is 7.69. The highest BCUT2D eigenvalue weighted by Gasteiger charge is 2.26. The number of para-hydroxylation sites is 1. The molecular weight excluding hydrogens is 324 g/mol. The Bertz CT molecular complexity index is 659. The molecule has 1 amide bonds. The van der Waals surface area contributed by atoms with E-state index in [0.29, 0.717) is 0 Å². The Balaban J connectivity index is 0.00000288. The lowest BCUT2D eigenvalue weighted by Gasteiger charge is -2.29. The highest BCUT2D eigenvalue weighted by atomic mass is 35.5. The summed E-state index contributed by atoms with van der Waals surface area (Å²) in [6.45, 7) is 3.91. The van der Waals surface area contributed by atoms with Crippen LogP contribution in [0.15, 0.2) is 54.6 Å². The van der Waals surface area contributed by atoms with Crippen LogP contribution in [-0.4, -0.2) is 13.0 Å². The highest BCUT2D eigenvalue weighted by molar-refractivity contribution is 5.85. The molecule has 1 unspecified atom stereocenters. The minimum atomic E-state index is -0.542. The van der Waals surface area contributed by atoms with Crippen LogP contribution in [0.5, 0.6) is 5.75 Å². The SMILES string of the molecule is COc1ccccc1C(C)(C)NC(=O)CC(N)c1ccccc1.Cl. The van der Waals surface area contributed by atoms with Crippen molar-refractivity contribution in [1.29, 1.82) is 0 Å².